The summed E-state index contributed by atoms with van der Waals surface area (Å²) in [6.45, 7) is 5.06. The fourth-order valence-electron chi connectivity index (χ4n) is 4.04. The third kappa shape index (κ3) is 2.98. The molecule has 1 saturated heterocycles. The molecular weight excluding hydrogens is 340 g/mol. The molecule has 0 saturated carbocycles. The maximum absolute atomic E-state index is 12.7. The number of furan rings is 1. The van der Waals surface area contributed by atoms with Gasteiger partial charge in [-0.2, -0.15) is 0 Å². The Hall–Kier alpha value is -2.79. The van der Waals surface area contributed by atoms with Crippen molar-refractivity contribution in [2.75, 3.05) is 24.5 Å². The van der Waals surface area contributed by atoms with Crippen molar-refractivity contribution < 1.29 is 13.9 Å². The molecule has 27 heavy (non-hydrogen) atoms. The molecule has 0 amide bonds. The molecule has 1 unspecified atom stereocenters. The quantitative estimate of drug-likeness (QED) is 0.559. The third-order valence-corrected chi connectivity index (χ3v) is 5.49. The van der Waals surface area contributed by atoms with Crippen molar-refractivity contribution in [1.29, 1.82) is 0 Å². The number of anilines is 1. The van der Waals surface area contributed by atoms with Crippen molar-refractivity contribution in [3.8, 4) is 5.75 Å². The van der Waals surface area contributed by atoms with Crippen LogP contribution in [0.4, 0.5) is 5.69 Å². The summed E-state index contributed by atoms with van der Waals surface area (Å²) < 4.78 is 11.6. The number of carbonyl (C=O) groups is 1. The summed E-state index contributed by atoms with van der Waals surface area (Å²) in [5, 5.41) is 4.46. The highest BCUT2D eigenvalue weighted by Crippen LogP contribution is 2.37. The Balaban J connectivity index is 1.42. The standard InChI is InChI=1S/C22H22N2O3/c1-14-13-24(9-8-23-14)17-7-6-16-10-18(22(25)27-20(16)12-17)21-11-15-4-2-3-5-19(15)26-21/h2-7,11-12,14,18,23H,8-10,13H2,1H3/t14-,18?/m0/s1. The molecule has 1 fully saturated rings. The SMILES string of the molecule is C[C@H]1CN(c2ccc3c(c2)OC(=O)C(c2cc4ccccc4o2)C3)CCN1. The van der Waals surface area contributed by atoms with Gasteiger partial charge in [-0.15, -0.1) is 0 Å². The van der Waals surface area contributed by atoms with Crippen LogP contribution < -0.4 is 15.0 Å². The number of nitrogens with one attached hydrogen (secondary N) is 1. The summed E-state index contributed by atoms with van der Waals surface area (Å²) in [4.78, 5) is 15.0. The van der Waals surface area contributed by atoms with Gasteiger partial charge in [-0.05, 0) is 37.1 Å². The second-order valence-corrected chi connectivity index (χ2v) is 7.46. The molecule has 5 rings (SSSR count). The Bertz CT molecular complexity index is 977. The van der Waals surface area contributed by atoms with E-state index in [2.05, 4.69) is 29.3 Å². The number of benzene rings is 2. The normalized spacial score (nSPS) is 22.6. The average Bonchev–Trinajstić information content (AvgIpc) is 3.11. The molecule has 0 aliphatic carbocycles. The van der Waals surface area contributed by atoms with Gasteiger partial charge in [0.1, 0.15) is 23.0 Å². The van der Waals surface area contributed by atoms with Crippen LogP contribution in [0.2, 0.25) is 0 Å². The van der Waals surface area contributed by atoms with Gasteiger partial charge in [-0.3, -0.25) is 4.79 Å². The molecule has 5 nitrogen and oxygen atoms in total. The number of para-hydroxylation sites is 1. The fourth-order valence-corrected chi connectivity index (χ4v) is 4.04. The van der Waals surface area contributed by atoms with Crippen LogP contribution in [0.1, 0.15) is 24.2 Å². The highest BCUT2D eigenvalue weighted by molar-refractivity contribution is 5.85. The van der Waals surface area contributed by atoms with Crippen LogP contribution in [0.3, 0.4) is 0 Å². The number of carbonyl (C=O) groups excluding carboxylic acids is 1. The summed E-state index contributed by atoms with van der Waals surface area (Å²) in [6.07, 6.45) is 0.603. The Labute approximate surface area is 157 Å². The van der Waals surface area contributed by atoms with Crippen LogP contribution >= 0.6 is 0 Å². The summed E-state index contributed by atoms with van der Waals surface area (Å²) in [5.41, 5.74) is 2.96. The van der Waals surface area contributed by atoms with Gasteiger partial charge in [-0.1, -0.05) is 24.3 Å². The van der Waals surface area contributed by atoms with Crippen molar-refractivity contribution in [3.63, 3.8) is 0 Å². The smallest absolute Gasteiger partial charge is 0.322 e. The van der Waals surface area contributed by atoms with E-state index in [9.17, 15) is 4.79 Å². The maximum Gasteiger partial charge on any atom is 0.322 e. The van der Waals surface area contributed by atoms with E-state index in [-0.39, 0.29) is 5.97 Å². The lowest BCUT2D eigenvalue weighted by Crippen LogP contribution is -2.49. The molecule has 138 valence electrons. The molecule has 1 aromatic heterocycles. The lowest BCUT2D eigenvalue weighted by molar-refractivity contribution is -0.137. The first-order chi connectivity index (χ1) is 13.2. The highest BCUT2D eigenvalue weighted by atomic mass is 16.5. The molecule has 0 spiro atoms. The average molecular weight is 362 g/mol. The Morgan fingerprint density at radius 2 is 2.04 bits per heavy atom. The summed E-state index contributed by atoms with van der Waals surface area (Å²) in [5.74, 6) is 0.713. The number of rotatable bonds is 2. The minimum Gasteiger partial charge on any atom is -0.460 e. The summed E-state index contributed by atoms with van der Waals surface area (Å²) >= 11 is 0. The maximum atomic E-state index is 12.7. The zero-order valence-electron chi connectivity index (χ0n) is 15.3. The van der Waals surface area contributed by atoms with Crippen LogP contribution in [-0.2, 0) is 11.2 Å². The molecule has 0 bridgehead atoms. The van der Waals surface area contributed by atoms with Crippen molar-refractivity contribution in [3.05, 3.63) is 59.9 Å². The van der Waals surface area contributed by atoms with Crippen LogP contribution in [0.25, 0.3) is 11.0 Å². The van der Waals surface area contributed by atoms with Gasteiger partial charge >= 0.3 is 5.97 Å². The van der Waals surface area contributed by atoms with Crippen LogP contribution in [0, 0.1) is 0 Å². The van der Waals surface area contributed by atoms with Crippen molar-refractivity contribution in [2.24, 2.45) is 0 Å². The predicted molar refractivity (Wildman–Crippen MR) is 104 cm³/mol. The number of hydrogen-bond acceptors (Lipinski definition) is 5. The largest absolute Gasteiger partial charge is 0.460 e. The van der Waals surface area contributed by atoms with E-state index in [1.807, 2.05) is 36.4 Å². The summed E-state index contributed by atoms with van der Waals surface area (Å²) in [6, 6.07) is 16.4. The molecule has 2 aromatic carbocycles. The molecular formula is C22H22N2O3. The molecule has 2 aliphatic rings. The van der Waals surface area contributed by atoms with E-state index in [4.69, 9.17) is 9.15 Å². The second-order valence-electron chi connectivity index (χ2n) is 7.46. The number of fused-ring (bicyclic) bond motifs is 2. The molecule has 3 heterocycles. The molecule has 0 radical (unpaired) electrons. The van der Waals surface area contributed by atoms with Gasteiger partial charge < -0.3 is 19.4 Å². The number of nitrogens with zero attached hydrogens (tertiary/aromatic N) is 1. The minimum atomic E-state index is -0.394. The number of hydrogen-bond donors (Lipinski definition) is 1. The summed E-state index contributed by atoms with van der Waals surface area (Å²) in [7, 11) is 0. The Morgan fingerprint density at radius 1 is 1.15 bits per heavy atom. The topological polar surface area (TPSA) is 54.7 Å². The zero-order valence-corrected chi connectivity index (χ0v) is 15.3. The van der Waals surface area contributed by atoms with E-state index in [1.165, 1.54) is 0 Å². The van der Waals surface area contributed by atoms with Gasteiger partial charge in [0.25, 0.3) is 0 Å². The van der Waals surface area contributed by atoms with Crippen molar-refractivity contribution in [1.82, 2.24) is 5.32 Å². The van der Waals surface area contributed by atoms with E-state index >= 15 is 0 Å². The molecule has 2 atom stereocenters. The van der Waals surface area contributed by atoms with E-state index < -0.39 is 5.92 Å². The monoisotopic (exact) mass is 362 g/mol. The van der Waals surface area contributed by atoms with Crippen LogP contribution in [-0.4, -0.2) is 31.6 Å². The van der Waals surface area contributed by atoms with Crippen molar-refractivity contribution >= 4 is 22.6 Å². The first-order valence-corrected chi connectivity index (χ1v) is 9.49. The lowest BCUT2D eigenvalue weighted by atomic mass is 9.93. The fraction of sp³-hybridized carbons (Fsp3) is 0.318. The number of esters is 1. The molecule has 3 aromatic rings. The predicted octanol–water partition coefficient (Wildman–Crippen LogP) is 3.48. The molecule has 5 heteroatoms. The van der Waals surface area contributed by atoms with Crippen LogP contribution in [0.15, 0.2) is 52.9 Å². The van der Waals surface area contributed by atoms with Gasteiger partial charge in [0, 0.05) is 42.8 Å². The zero-order chi connectivity index (χ0) is 18.4. The van der Waals surface area contributed by atoms with E-state index in [1.54, 1.807) is 0 Å². The van der Waals surface area contributed by atoms with Crippen LogP contribution in [0.5, 0.6) is 5.75 Å². The van der Waals surface area contributed by atoms with Crippen molar-refractivity contribution in [2.45, 2.75) is 25.3 Å². The molecule has 2 aliphatic heterocycles. The number of piperazine rings is 1. The van der Waals surface area contributed by atoms with Gasteiger partial charge in [0.2, 0.25) is 0 Å². The second kappa shape index (κ2) is 6.43. The highest BCUT2D eigenvalue weighted by Gasteiger charge is 2.33. The van der Waals surface area contributed by atoms with Gasteiger partial charge in [-0.25, -0.2) is 0 Å². The van der Waals surface area contributed by atoms with Gasteiger partial charge in [0.15, 0.2) is 0 Å². The number of ether oxygens (including phenoxy) is 1. The van der Waals surface area contributed by atoms with Gasteiger partial charge in [0.05, 0.1) is 0 Å². The Morgan fingerprint density at radius 3 is 2.89 bits per heavy atom. The minimum absolute atomic E-state index is 0.243. The first kappa shape index (κ1) is 16.4. The Kier molecular flexibility index (Phi) is 3.90. The third-order valence-electron chi connectivity index (χ3n) is 5.49. The lowest BCUT2D eigenvalue weighted by Gasteiger charge is -2.34. The van der Waals surface area contributed by atoms with E-state index in [0.29, 0.717) is 24.0 Å². The molecule has 1 N–H and O–H groups in total. The van der Waals surface area contributed by atoms with E-state index in [0.717, 1.165) is 41.9 Å². The first-order valence-electron chi connectivity index (χ1n) is 9.49.